The minimum atomic E-state index is -0.746. The van der Waals surface area contributed by atoms with Gasteiger partial charge in [0.05, 0.1) is 24.2 Å². The number of methoxy groups -OCH3 is 1. The van der Waals surface area contributed by atoms with Crippen molar-refractivity contribution in [2.75, 3.05) is 13.7 Å². The van der Waals surface area contributed by atoms with Crippen LogP contribution in [0.5, 0.6) is 5.75 Å². The quantitative estimate of drug-likeness (QED) is 0.561. The smallest absolute Gasteiger partial charge is 0.306 e. The maximum Gasteiger partial charge on any atom is 0.306 e. The molecule has 0 spiro atoms. The average Bonchev–Trinajstić information content (AvgIpc) is 3.32. The molecular formula is C26H29N5O4. The lowest BCUT2D eigenvalue weighted by molar-refractivity contribution is -0.138. The van der Waals surface area contributed by atoms with Crippen LogP contribution in [0.4, 0.5) is 0 Å². The Balaban J connectivity index is 1.38. The van der Waals surface area contributed by atoms with Crippen LogP contribution in [0.2, 0.25) is 0 Å². The summed E-state index contributed by atoms with van der Waals surface area (Å²) in [6.45, 7) is 0.704. The molecule has 3 N–H and O–H groups in total. The van der Waals surface area contributed by atoms with Crippen LogP contribution in [0.25, 0.3) is 22.4 Å². The number of hydrogen-bond donors (Lipinski definition) is 2. The van der Waals surface area contributed by atoms with Gasteiger partial charge in [-0.1, -0.05) is 0 Å². The molecular weight excluding hydrogens is 446 g/mol. The summed E-state index contributed by atoms with van der Waals surface area (Å²) < 4.78 is 7.66. The molecule has 2 saturated carbocycles. The Labute approximate surface area is 202 Å². The molecule has 1 amide bonds. The average molecular weight is 476 g/mol. The number of pyridine rings is 1. The molecule has 182 valence electrons. The van der Waals surface area contributed by atoms with E-state index < -0.39 is 5.97 Å². The van der Waals surface area contributed by atoms with Gasteiger partial charge >= 0.3 is 5.97 Å². The highest BCUT2D eigenvalue weighted by Gasteiger charge is 2.47. The van der Waals surface area contributed by atoms with Crippen LogP contribution in [0, 0.1) is 17.8 Å². The summed E-state index contributed by atoms with van der Waals surface area (Å²) >= 11 is 0. The number of rotatable bonds is 6. The molecule has 35 heavy (non-hydrogen) atoms. The molecule has 1 saturated heterocycles. The van der Waals surface area contributed by atoms with Gasteiger partial charge < -0.3 is 25.0 Å². The van der Waals surface area contributed by atoms with Gasteiger partial charge in [0.2, 0.25) is 0 Å². The number of amides is 1. The van der Waals surface area contributed by atoms with Gasteiger partial charge in [-0.25, -0.2) is 4.98 Å². The third-order valence-electron chi connectivity index (χ3n) is 8.14. The SMILES string of the molecule is COc1cc(C(=O)N2C[C@H]3CC[C@@H]2[C@@H]3N)cc2nc(-c3cccnc3CC3CC3C(=O)O)n(C)c12. The van der Waals surface area contributed by atoms with E-state index in [0.29, 0.717) is 48.0 Å². The van der Waals surface area contributed by atoms with Gasteiger partial charge in [0, 0.05) is 43.0 Å². The van der Waals surface area contributed by atoms with Crippen molar-refractivity contribution in [2.45, 2.75) is 37.8 Å². The zero-order valence-corrected chi connectivity index (χ0v) is 19.8. The molecule has 5 atom stereocenters. The van der Waals surface area contributed by atoms with Crippen molar-refractivity contribution in [1.82, 2.24) is 19.4 Å². The molecule has 6 rings (SSSR count). The predicted octanol–water partition coefficient (Wildman–Crippen LogP) is 2.47. The lowest BCUT2D eigenvalue weighted by atomic mass is 10.1. The second-order valence-electron chi connectivity index (χ2n) is 10.1. The number of aryl methyl sites for hydroxylation is 1. The highest BCUT2D eigenvalue weighted by atomic mass is 16.5. The van der Waals surface area contributed by atoms with Gasteiger partial charge in [-0.3, -0.25) is 14.6 Å². The first kappa shape index (κ1) is 22.0. The summed E-state index contributed by atoms with van der Waals surface area (Å²) in [4.78, 5) is 36.1. The first-order chi connectivity index (χ1) is 16.9. The summed E-state index contributed by atoms with van der Waals surface area (Å²) in [5, 5.41) is 9.29. The molecule has 1 aromatic carbocycles. The highest BCUT2D eigenvalue weighted by Crippen LogP contribution is 2.43. The molecule has 0 radical (unpaired) electrons. The maximum atomic E-state index is 13.4. The molecule has 3 aliphatic rings. The third kappa shape index (κ3) is 3.48. The van der Waals surface area contributed by atoms with E-state index in [4.69, 9.17) is 15.5 Å². The fourth-order valence-corrected chi connectivity index (χ4v) is 6.11. The number of carbonyl (C=O) groups is 2. The number of carboxylic acid groups (broad SMARTS) is 1. The van der Waals surface area contributed by atoms with Gasteiger partial charge in [-0.05, 0) is 61.8 Å². The molecule has 2 aromatic heterocycles. The Morgan fingerprint density at radius 2 is 2.11 bits per heavy atom. The van der Waals surface area contributed by atoms with E-state index in [0.717, 1.165) is 29.6 Å². The molecule has 3 heterocycles. The standard InChI is InChI=1S/C26H29N5O4/c1-30-23-19(29-24(30)16-4-3-7-28-18(16)9-14-8-17(14)26(33)34)10-15(11-21(23)35-2)25(32)31-12-13-5-6-20(31)22(13)27/h3-4,7,10-11,13-14,17,20,22H,5-6,8-9,12,27H2,1-2H3,(H,33,34)/t13-,14?,17?,20-,22-/m1/s1. The number of imidazole rings is 1. The Kier molecular flexibility index (Phi) is 5.07. The van der Waals surface area contributed by atoms with E-state index in [-0.39, 0.29) is 29.8 Å². The van der Waals surface area contributed by atoms with Crippen molar-refractivity contribution in [1.29, 1.82) is 0 Å². The van der Waals surface area contributed by atoms with Gasteiger partial charge in [0.25, 0.3) is 5.91 Å². The van der Waals surface area contributed by atoms with E-state index in [1.54, 1.807) is 19.4 Å². The molecule has 1 aliphatic heterocycles. The number of likely N-dealkylation sites (tertiary alicyclic amines) is 1. The minimum absolute atomic E-state index is 0.0319. The van der Waals surface area contributed by atoms with Gasteiger partial charge in [-0.2, -0.15) is 0 Å². The van der Waals surface area contributed by atoms with Gasteiger partial charge in [-0.15, -0.1) is 0 Å². The summed E-state index contributed by atoms with van der Waals surface area (Å²) in [6, 6.07) is 7.60. The number of nitrogens with zero attached hydrogens (tertiary/aromatic N) is 4. The van der Waals surface area contributed by atoms with Crippen molar-refractivity contribution in [3.8, 4) is 17.1 Å². The number of carbonyl (C=O) groups excluding carboxylic acids is 1. The highest BCUT2D eigenvalue weighted by molar-refractivity contribution is 6.00. The molecule has 3 fully saturated rings. The van der Waals surface area contributed by atoms with Crippen LogP contribution in [0.15, 0.2) is 30.5 Å². The number of benzene rings is 1. The first-order valence-corrected chi connectivity index (χ1v) is 12.2. The number of fused-ring (bicyclic) bond motifs is 3. The second kappa shape index (κ2) is 8.05. The fraction of sp³-hybridized carbons (Fsp3) is 0.462. The number of nitrogens with two attached hydrogens (primary N) is 1. The van der Waals surface area contributed by atoms with Crippen molar-refractivity contribution in [3.05, 3.63) is 41.7 Å². The van der Waals surface area contributed by atoms with Crippen LogP contribution >= 0.6 is 0 Å². The number of ether oxygens (including phenoxy) is 1. The molecule has 2 aliphatic carbocycles. The third-order valence-corrected chi connectivity index (χ3v) is 8.14. The lowest BCUT2D eigenvalue weighted by Crippen LogP contribution is -2.41. The molecule has 2 unspecified atom stereocenters. The van der Waals surface area contributed by atoms with E-state index in [9.17, 15) is 14.7 Å². The van der Waals surface area contributed by atoms with Crippen LogP contribution in [0.1, 0.15) is 35.3 Å². The molecule has 9 heteroatoms. The maximum absolute atomic E-state index is 13.4. The second-order valence-corrected chi connectivity index (χ2v) is 10.1. The topological polar surface area (TPSA) is 124 Å². The Morgan fingerprint density at radius 3 is 2.77 bits per heavy atom. The zero-order valence-electron chi connectivity index (χ0n) is 19.8. The summed E-state index contributed by atoms with van der Waals surface area (Å²) in [6.07, 6.45) is 5.04. The van der Waals surface area contributed by atoms with Crippen molar-refractivity contribution >= 4 is 22.9 Å². The molecule has 9 nitrogen and oxygen atoms in total. The molecule has 3 aromatic rings. The Hall–Kier alpha value is -3.46. The number of aliphatic carboxylic acids is 1. The van der Waals surface area contributed by atoms with E-state index in [1.165, 1.54) is 0 Å². The molecule has 2 bridgehead atoms. The van der Waals surface area contributed by atoms with E-state index >= 15 is 0 Å². The predicted molar refractivity (Wildman–Crippen MR) is 129 cm³/mol. The monoisotopic (exact) mass is 475 g/mol. The largest absolute Gasteiger partial charge is 0.494 e. The summed E-state index contributed by atoms with van der Waals surface area (Å²) in [5.74, 6) is 0.692. The van der Waals surface area contributed by atoms with Crippen molar-refractivity contribution < 1.29 is 19.4 Å². The summed E-state index contributed by atoms with van der Waals surface area (Å²) in [7, 11) is 3.51. The Morgan fingerprint density at radius 1 is 1.29 bits per heavy atom. The van der Waals surface area contributed by atoms with Gasteiger partial charge in [0.15, 0.2) is 0 Å². The number of piperidine rings is 1. The van der Waals surface area contributed by atoms with Crippen molar-refractivity contribution in [2.24, 2.45) is 30.5 Å². The fourth-order valence-electron chi connectivity index (χ4n) is 6.11. The van der Waals surface area contributed by atoms with E-state index in [2.05, 4.69) is 4.98 Å². The van der Waals surface area contributed by atoms with Crippen molar-refractivity contribution in [3.63, 3.8) is 0 Å². The lowest BCUT2D eigenvalue weighted by Gasteiger charge is -2.27. The Bertz CT molecular complexity index is 1350. The zero-order chi connectivity index (χ0) is 24.4. The van der Waals surface area contributed by atoms with Crippen LogP contribution in [-0.4, -0.2) is 62.2 Å². The first-order valence-electron chi connectivity index (χ1n) is 12.2. The normalized spacial score (nSPS) is 26.9. The minimum Gasteiger partial charge on any atom is -0.494 e. The van der Waals surface area contributed by atoms with Crippen LogP contribution in [-0.2, 0) is 18.3 Å². The van der Waals surface area contributed by atoms with Gasteiger partial charge in [0.1, 0.15) is 17.1 Å². The summed E-state index contributed by atoms with van der Waals surface area (Å²) in [5.41, 5.74) is 10.0. The van der Waals surface area contributed by atoms with Crippen LogP contribution < -0.4 is 10.5 Å². The number of carboxylic acids is 1. The van der Waals surface area contributed by atoms with E-state index in [1.807, 2.05) is 34.7 Å². The van der Waals surface area contributed by atoms with Crippen LogP contribution in [0.3, 0.4) is 0 Å². The number of aromatic nitrogens is 3. The number of hydrogen-bond acceptors (Lipinski definition) is 6.